The molecule has 9 nitrogen and oxygen atoms in total. The van der Waals surface area contributed by atoms with Crippen molar-refractivity contribution in [3.8, 4) is 0 Å². The van der Waals surface area contributed by atoms with E-state index < -0.39 is 29.5 Å². The Labute approximate surface area is 192 Å². The third kappa shape index (κ3) is 6.80. The van der Waals surface area contributed by atoms with Gasteiger partial charge in [-0.15, -0.1) is 0 Å². The van der Waals surface area contributed by atoms with E-state index in [2.05, 4.69) is 5.43 Å². The number of nitrogens with zero attached hydrogens (tertiary/aromatic N) is 1. The predicted octanol–water partition coefficient (Wildman–Crippen LogP) is 3.77. The van der Waals surface area contributed by atoms with Crippen molar-refractivity contribution in [2.45, 2.75) is 45.9 Å². The zero-order chi connectivity index (χ0) is 24.3. The molecule has 0 fully saturated rings. The van der Waals surface area contributed by atoms with Gasteiger partial charge in [0.25, 0.3) is 0 Å². The molecule has 33 heavy (non-hydrogen) atoms. The SMILES string of the molecule is CCOC(=O)[C@@](C)(C(=O)CC)N(NC(=O)OCc1ccccc1)C(=O)OCc1ccccc1. The standard InChI is InChI=1S/C24H28N2O7/c1-4-20(27)24(3,21(28)31-5-2)26(23(30)33-17-19-14-10-7-11-15-19)25-22(29)32-16-18-12-8-6-9-13-18/h6-15H,4-5,16-17H2,1-3H3,(H,25,29)/t24-/m1/s1. The van der Waals surface area contributed by atoms with E-state index in [0.29, 0.717) is 16.1 Å². The van der Waals surface area contributed by atoms with E-state index in [-0.39, 0.29) is 26.2 Å². The number of hydrogen-bond donors (Lipinski definition) is 1. The number of rotatable bonds is 9. The Bertz CT molecular complexity index is 950. The van der Waals surface area contributed by atoms with Crippen molar-refractivity contribution < 1.29 is 33.4 Å². The maximum absolute atomic E-state index is 13.0. The van der Waals surface area contributed by atoms with Crippen molar-refractivity contribution in [2.24, 2.45) is 0 Å². The first-order valence-corrected chi connectivity index (χ1v) is 10.5. The number of carbonyl (C=O) groups excluding carboxylic acids is 4. The number of amides is 2. The second kappa shape index (κ2) is 12.2. The molecule has 2 amide bonds. The smallest absolute Gasteiger partial charge is 0.430 e. The van der Waals surface area contributed by atoms with E-state index >= 15 is 0 Å². The highest BCUT2D eigenvalue weighted by Crippen LogP contribution is 2.21. The minimum atomic E-state index is -2.16. The van der Waals surface area contributed by atoms with Crippen LogP contribution in [0, 0.1) is 0 Å². The molecule has 0 unspecified atom stereocenters. The van der Waals surface area contributed by atoms with Gasteiger partial charge in [0.1, 0.15) is 13.2 Å². The van der Waals surface area contributed by atoms with Crippen LogP contribution in [-0.2, 0) is 37.0 Å². The Morgan fingerprint density at radius 2 is 1.33 bits per heavy atom. The van der Waals surface area contributed by atoms with Crippen LogP contribution in [0.15, 0.2) is 60.7 Å². The highest BCUT2D eigenvalue weighted by molar-refractivity contribution is 6.10. The average molecular weight is 456 g/mol. The maximum Gasteiger partial charge on any atom is 0.430 e. The molecular weight excluding hydrogens is 428 g/mol. The molecule has 9 heteroatoms. The summed E-state index contributed by atoms with van der Waals surface area (Å²) in [5.41, 5.74) is 1.42. The molecule has 1 atom stereocenters. The lowest BCUT2D eigenvalue weighted by atomic mass is 9.94. The second-order valence-electron chi connectivity index (χ2n) is 7.12. The van der Waals surface area contributed by atoms with Crippen LogP contribution in [0.5, 0.6) is 0 Å². The number of carbonyl (C=O) groups is 4. The molecule has 0 aliphatic rings. The van der Waals surface area contributed by atoms with Crippen LogP contribution in [0.1, 0.15) is 38.3 Å². The molecule has 1 N–H and O–H groups in total. The van der Waals surface area contributed by atoms with Crippen molar-refractivity contribution in [3.05, 3.63) is 71.8 Å². The normalized spacial score (nSPS) is 12.1. The highest BCUT2D eigenvalue weighted by Gasteiger charge is 2.51. The van der Waals surface area contributed by atoms with Gasteiger partial charge >= 0.3 is 18.2 Å². The highest BCUT2D eigenvalue weighted by atomic mass is 16.6. The molecule has 2 rings (SSSR count). The van der Waals surface area contributed by atoms with Gasteiger partial charge in [0, 0.05) is 6.42 Å². The van der Waals surface area contributed by atoms with Crippen molar-refractivity contribution in [1.29, 1.82) is 0 Å². The van der Waals surface area contributed by atoms with E-state index in [4.69, 9.17) is 14.2 Å². The Balaban J connectivity index is 2.26. The van der Waals surface area contributed by atoms with Gasteiger partial charge in [0.2, 0.25) is 5.54 Å². The number of esters is 1. The fraction of sp³-hybridized carbons (Fsp3) is 0.333. The van der Waals surface area contributed by atoms with E-state index in [1.165, 1.54) is 13.8 Å². The van der Waals surface area contributed by atoms with E-state index in [9.17, 15) is 19.2 Å². The van der Waals surface area contributed by atoms with Crippen LogP contribution in [-0.4, -0.2) is 41.1 Å². The summed E-state index contributed by atoms with van der Waals surface area (Å²) in [6, 6.07) is 17.7. The lowest BCUT2D eigenvalue weighted by Gasteiger charge is -2.36. The summed E-state index contributed by atoms with van der Waals surface area (Å²) in [7, 11) is 0. The van der Waals surface area contributed by atoms with Crippen LogP contribution in [0.3, 0.4) is 0 Å². The van der Waals surface area contributed by atoms with Crippen LogP contribution in [0.25, 0.3) is 0 Å². The number of ketones is 1. The second-order valence-corrected chi connectivity index (χ2v) is 7.12. The lowest BCUT2D eigenvalue weighted by Crippen LogP contribution is -2.66. The third-order valence-corrected chi connectivity index (χ3v) is 4.79. The van der Waals surface area contributed by atoms with Crippen molar-refractivity contribution in [3.63, 3.8) is 0 Å². The largest absolute Gasteiger partial charge is 0.464 e. The number of Topliss-reactive ketones (excluding diaryl/α,β-unsaturated/α-hetero) is 1. The molecule has 0 saturated heterocycles. The van der Waals surface area contributed by atoms with Crippen LogP contribution < -0.4 is 5.43 Å². The summed E-state index contributed by atoms with van der Waals surface area (Å²) in [5.74, 6) is -1.65. The molecule has 0 aliphatic carbocycles. The van der Waals surface area contributed by atoms with Crippen LogP contribution in [0.4, 0.5) is 9.59 Å². The Morgan fingerprint density at radius 1 is 0.818 bits per heavy atom. The summed E-state index contributed by atoms with van der Waals surface area (Å²) >= 11 is 0. The van der Waals surface area contributed by atoms with E-state index in [1.54, 1.807) is 61.5 Å². The summed E-state index contributed by atoms with van der Waals surface area (Å²) in [4.78, 5) is 51.0. The number of nitrogens with one attached hydrogen (secondary N) is 1. The molecular formula is C24H28N2O7. The molecule has 176 valence electrons. The van der Waals surface area contributed by atoms with Gasteiger partial charge < -0.3 is 14.2 Å². The first-order valence-electron chi connectivity index (χ1n) is 10.5. The summed E-state index contributed by atoms with van der Waals surface area (Å²) in [6.45, 7) is 4.03. The zero-order valence-corrected chi connectivity index (χ0v) is 18.9. The summed E-state index contributed by atoms with van der Waals surface area (Å²) in [6.07, 6.45) is -2.26. The molecule has 0 spiro atoms. The molecule has 0 heterocycles. The van der Waals surface area contributed by atoms with Crippen molar-refractivity contribution in [2.75, 3.05) is 6.61 Å². The topological polar surface area (TPSA) is 111 Å². The number of hydrazine groups is 1. The van der Waals surface area contributed by atoms with Gasteiger partial charge in [-0.3, -0.25) is 4.79 Å². The average Bonchev–Trinajstić information content (AvgIpc) is 2.85. The molecule has 2 aromatic rings. The van der Waals surface area contributed by atoms with Crippen molar-refractivity contribution >= 4 is 23.9 Å². The first-order chi connectivity index (χ1) is 15.8. The molecule has 0 aromatic heterocycles. The summed E-state index contributed by atoms with van der Waals surface area (Å²) < 4.78 is 15.5. The molecule has 0 radical (unpaired) electrons. The molecule has 0 bridgehead atoms. The quantitative estimate of drug-likeness (QED) is 0.265. The van der Waals surface area contributed by atoms with Gasteiger partial charge in [-0.2, -0.15) is 5.01 Å². The van der Waals surface area contributed by atoms with E-state index in [0.717, 1.165) is 0 Å². The zero-order valence-electron chi connectivity index (χ0n) is 18.9. The van der Waals surface area contributed by atoms with Gasteiger partial charge in [0.15, 0.2) is 5.78 Å². The summed E-state index contributed by atoms with van der Waals surface area (Å²) in [5, 5.41) is 0.535. The monoisotopic (exact) mass is 456 g/mol. The Hall–Kier alpha value is -3.88. The van der Waals surface area contributed by atoms with Gasteiger partial charge in [-0.1, -0.05) is 67.6 Å². The Kier molecular flexibility index (Phi) is 9.41. The lowest BCUT2D eigenvalue weighted by molar-refractivity contribution is -0.162. The minimum Gasteiger partial charge on any atom is -0.464 e. The van der Waals surface area contributed by atoms with Crippen LogP contribution in [0.2, 0.25) is 0 Å². The minimum absolute atomic E-state index is 0.0310. The predicted molar refractivity (Wildman–Crippen MR) is 119 cm³/mol. The number of ether oxygens (including phenoxy) is 3. The molecule has 0 aliphatic heterocycles. The van der Waals surface area contributed by atoms with E-state index in [1.807, 2.05) is 6.07 Å². The van der Waals surface area contributed by atoms with Gasteiger partial charge in [-0.05, 0) is 25.0 Å². The Morgan fingerprint density at radius 3 is 1.82 bits per heavy atom. The third-order valence-electron chi connectivity index (χ3n) is 4.79. The number of benzene rings is 2. The molecule has 0 saturated carbocycles. The van der Waals surface area contributed by atoms with Gasteiger partial charge in [-0.25, -0.2) is 19.8 Å². The van der Waals surface area contributed by atoms with Gasteiger partial charge in [0.05, 0.1) is 6.61 Å². The maximum atomic E-state index is 13.0. The fourth-order valence-corrected chi connectivity index (χ4v) is 2.92. The van der Waals surface area contributed by atoms with Crippen molar-refractivity contribution in [1.82, 2.24) is 10.4 Å². The fourth-order valence-electron chi connectivity index (χ4n) is 2.92. The first kappa shape index (κ1) is 25.4. The molecule has 2 aromatic carbocycles. The number of hydrogen-bond acceptors (Lipinski definition) is 7. The van der Waals surface area contributed by atoms with Crippen LogP contribution >= 0.6 is 0 Å².